The van der Waals surface area contributed by atoms with Gasteiger partial charge in [0.25, 0.3) is 0 Å². The van der Waals surface area contributed by atoms with E-state index >= 15 is 0 Å². The summed E-state index contributed by atoms with van der Waals surface area (Å²) >= 11 is 0. The summed E-state index contributed by atoms with van der Waals surface area (Å²) in [6, 6.07) is 5.48. The normalized spacial score (nSPS) is 12.2. The van der Waals surface area contributed by atoms with E-state index in [2.05, 4.69) is 72.8 Å². The first-order valence-corrected chi connectivity index (χ1v) is 24.3. The van der Waals surface area contributed by atoms with Crippen molar-refractivity contribution >= 4 is 11.9 Å². The van der Waals surface area contributed by atoms with Crippen LogP contribution in [0.25, 0.3) is 0 Å². The Hall–Kier alpha value is -2.88. The number of carbonyl (C=O) groups excluding carboxylic acids is 2. The Morgan fingerprint density at radius 1 is 0.448 bits per heavy atom. The minimum Gasteiger partial charge on any atom is -0.427 e. The van der Waals surface area contributed by atoms with Crippen LogP contribution in [0, 0.1) is 0 Å². The zero-order valence-corrected chi connectivity index (χ0v) is 39.1. The Morgan fingerprint density at radius 2 is 0.828 bits per heavy atom. The van der Waals surface area contributed by atoms with E-state index < -0.39 is 0 Å². The lowest BCUT2D eigenvalue weighted by Crippen LogP contribution is -2.10. The van der Waals surface area contributed by atoms with Gasteiger partial charge < -0.3 is 9.47 Å². The average Bonchev–Trinajstić information content (AvgIpc) is 3.18. The molecule has 0 saturated carbocycles. The van der Waals surface area contributed by atoms with Crippen molar-refractivity contribution in [3.05, 3.63) is 70.4 Å². The third kappa shape index (κ3) is 32.0. The molecule has 1 rings (SSSR count). The van der Waals surface area contributed by atoms with E-state index in [0.29, 0.717) is 30.8 Å². The molecule has 4 heteroatoms. The molecule has 0 aliphatic rings. The fraction of sp³-hybridized carbons (Fsp3) is 0.704. The standard InChI is InChI=1S/C54H90O4/c1-8-10-12-14-16-18-20-22-24-26-28-39-53(55)57-51-43-44-52(58-54(56)40-29-27-25-23-21-19-17-15-13-11-9-2)50(45-51)42-41-49(7)38-32-37-48(6)36-31-35-47(5)34-30-33-46(3)4/h33,35,37,41,43-45H,8-32,34,36,38-40,42H2,1-7H3/b47-35+,48-37+,49-41+. The highest BCUT2D eigenvalue weighted by molar-refractivity contribution is 5.74. The summed E-state index contributed by atoms with van der Waals surface area (Å²) in [5, 5.41) is 0. The second kappa shape index (κ2) is 37.1. The smallest absolute Gasteiger partial charge is 0.311 e. The number of unbranched alkanes of at least 4 members (excludes halogenated alkanes) is 20. The number of esters is 2. The summed E-state index contributed by atoms with van der Waals surface area (Å²) in [5.41, 5.74) is 6.49. The van der Waals surface area contributed by atoms with Crippen molar-refractivity contribution in [1.82, 2.24) is 0 Å². The maximum atomic E-state index is 13.0. The number of carbonyl (C=O) groups is 2. The number of allylic oxidation sites excluding steroid dienone is 8. The van der Waals surface area contributed by atoms with Crippen molar-refractivity contribution in [2.24, 2.45) is 0 Å². The first kappa shape index (κ1) is 53.1. The number of benzene rings is 1. The van der Waals surface area contributed by atoms with Crippen molar-refractivity contribution in [3.63, 3.8) is 0 Å². The molecule has 0 bridgehead atoms. The molecule has 0 aromatic heterocycles. The van der Waals surface area contributed by atoms with Gasteiger partial charge >= 0.3 is 11.9 Å². The Balaban J connectivity index is 2.68. The summed E-state index contributed by atoms with van der Waals surface area (Å²) in [6.07, 6.45) is 44.8. The maximum absolute atomic E-state index is 13.0. The Labute approximate surface area is 359 Å². The van der Waals surface area contributed by atoms with Crippen molar-refractivity contribution in [3.8, 4) is 11.5 Å². The molecule has 1 aromatic carbocycles. The van der Waals surface area contributed by atoms with Gasteiger partial charge in [-0.1, -0.05) is 189 Å². The third-order valence-electron chi connectivity index (χ3n) is 11.3. The topological polar surface area (TPSA) is 52.6 Å². The third-order valence-corrected chi connectivity index (χ3v) is 11.3. The summed E-state index contributed by atoms with van der Waals surface area (Å²) in [4.78, 5) is 25.8. The Kier molecular flexibility index (Phi) is 34.0. The monoisotopic (exact) mass is 803 g/mol. The molecular weight excluding hydrogens is 713 g/mol. The lowest BCUT2D eigenvalue weighted by molar-refractivity contribution is -0.135. The number of hydrogen-bond acceptors (Lipinski definition) is 4. The van der Waals surface area contributed by atoms with Crippen LogP contribution in [0.15, 0.2) is 64.8 Å². The predicted octanol–water partition coefficient (Wildman–Crippen LogP) is 17.6. The van der Waals surface area contributed by atoms with Gasteiger partial charge in [0.2, 0.25) is 0 Å². The highest BCUT2D eigenvalue weighted by Crippen LogP contribution is 2.27. The fourth-order valence-corrected chi connectivity index (χ4v) is 7.37. The van der Waals surface area contributed by atoms with Crippen LogP contribution < -0.4 is 9.47 Å². The van der Waals surface area contributed by atoms with Crippen LogP contribution in [0.2, 0.25) is 0 Å². The minimum absolute atomic E-state index is 0.183. The molecule has 1 aromatic rings. The molecule has 0 spiro atoms. The van der Waals surface area contributed by atoms with Gasteiger partial charge in [-0.3, -0.25) is 9.59 Å². The number of rotatable bonds is 37. The van der Waals surface area contributed by atoms with Gasteiger partial charge in [-0.25, -0.2) is 0 Å². The lowest BCUT2D eigenvalue weighted by Gasteiger charge is -2.12. The van der Waals surface area contributed by atoms with E-state index in [1.807, 2.05) is 12.1 Å². The fourth-order valence-electron chi connectivity index (χ4n) is 7.37. The van der Waals surface area contributed by atoms with Crippen LogP contribution in [0.3, 0.4) is 0 Å². The molecule has 0 aliphatic carbocycles. The van der Waals surface area contributed by atoms with Gasteiger partial charge in [0.1, 0.15) is 11.5 Å². The van der Waals surface area contributed by atoms with Crippen molar-refractivity contribution in [2.45, 2.75) is 248 Å². The highest BCUT2D eigenvalue weighted by atomic mass is 16.5. The van der Waals surface area contributed by atoms with Crippen LogP contribution in [0.1, 0.15) is 247 Å². The highest BCUT2D eigenvalue weighted by Gasteiger charge is 2.13. The molecule has 0 radical (unpaired) electrons. The van der Waals surface area contributed by atoms with E-state index in [1.54, 1.807) is 6.07 Å². The van der Waals surface area contributed by atoms with Crippen LogP contribution in [0.4, 0.5) is 0 Å². The Bertz CT molecular complexity index is 1320. The number of ether oxygens (including phenoxy) is 2. The summed E-state index contributed by atoms with van der Waals surface area (Å²) < 4.78 is 11.8. The van der Waals surface area contributed by atoms with Crippen molar-refractivity contribution in [1.29, 1.82) is 0 Å². The quantitative estimate of drug-likeness (QED) is 0.0291. The van der Waals surface area contributed by atoms with E-state index in [-0.39, 0.29) is 11.9 Å². The first-order valence-electron chi connectivity index (χ1n) is 24.3. The molecule has 330 valence electrons. The van der Waals surface area contributed by atoms with E-state index in [1.165, 1.54) is 138 Å². The van der Waals surface area contributed by atoms with Crippen molar-refractivity contribution < 1.29 is 19.1 Å². The zero-order chi connectivity index (χ0) is 42.5. The van der Waals surface area contributed by atoms with Gasteiger partial charge in [0.15, 0.2) is 0 Å². The van der Waals surface area contributed by atoms with Gasteiger partial charge in [-0.05, 0) is 111 Å². The molecule has 0 amide bonds. The zero-order valence-electron chi connectivity index (χ0n) is 39.1. The SMILES string of the molecule is CCCCCCCCCCCCCC(=O)Oc1ccc(OC(=O)CCCCCCCCCCCCC)c(C/C=C(\C)CC/C=C(\C)CC/C=C(\C)CCC=C(C)C)c1. The van der Waals surface area contributed by atoms with E-state index in [0.717, 1.165) is 69.8 Å². The van der Waals surface area contributed by atoms with Crippen LogP contribution >= 0.6 is 0 Å². The maximum Gasteiger partial charge on any atom is 0.311 e. The summed E-state index contributed by atoms with van der Waals surface area (Å²) in [6.45, 7) is 15.5. The molecule has 0 aliphatic heterocycles. The Morgan fingerprint density at radius 3 is 1.26 bits per heavy atom. The largest absolute Gasteiger partial charge is 0.427 e. The molecule has 0 atom stereocenters. The van der Waals surface area contributed by atoms with Crippen molar-refractivity contribution in [2.75, 3.05) is 0 Å². The second-order valence-corrected chi connectivity index (χ2v) is 17.5. The average molecular weight is 803 g/mol. The predicted molar refractivity (Wildman–Crippen MR) is 252 cm³/mol. The summed E-state index contributed by atoms with van der Waals surface area (Å²) in [5.74, 6) is 0.727. The van der Waals surface area contributed by atoms with Gasteiger partial charge in [0, 0.05) is 18.4 Å². The molecule has 0 heterocycles. The lowest BCUT2D eigenvalue weighted by atomic mass is 10.0. The molecule has 0 saturated heterocycles. The first-order chi connectivity index (χ1) is 28.1. The van der Waals surface area contributed by atoms with Crippen LogP contribution in [-0.2, 0) is 16.0 Å². The van der Waals surface area contributed by atoms with Gasteiger partial charge in [-0.2, -0.15) is 0 Å². The molecule has 0 N–H and O–H groups in total. The number of hydrogen-bond donors (Lipinski definition) is 0. The molecular formula is C54H90O4. The molecule has 0 fully saturated rings. The van der Waals surface area contributed by atoms with E-state index in [4.69, 9.17) is 9.47 Å². The molecule has 58 heavy (non-hydrogen) atoms. The minimum atomic E-state index is -0.189. The van der Waals surface area contributed by atoms with Gasteiger partial charge in [-0.15, -0.1) is 0 Å². The molecule has 0 unspecified atom stereocenters. The van der Waals surface area contributed by atoms with Crippen LogP contribution in [0.5, 0.6) is 11.5 Å². The van der Waals surface area contributed by atoms with Crippen LogP contribution in [-0.4, -0.2) is 11.9 Å². The molecule has 4 nitrogen and oxygen atoms in total. The summed E-state index contributed by atoms with van der Waals surface area (Å²) in [7, 11) is 0. The van der Waals surface area contributed by atoms with E-state index in [9.17, 15) is 9.59 Å². The van der Waals surface area contributed by atoms with Gasteiger partial charge in [0.05, 0.1) is 0 Å². The second-order valence-electron chi connectivity index (χ2n) is 17.5.